The molecule has 0 spiro atoms. The van der Waals surface area contributed by atoms with Crippen LogP contribution in [0.5, 0.6) is 28.7 Å². The smallest absolute Gasteiger partial charge is 0.252 e. The molecule has 0 radical (unpaired) electrons. The molecule has 380 valence electrons. The van der Waals surface area contributed by atoms with Gasteiger partial charge in [-0.3, -0.25) is 0 Å². The van der Waals surface area contributed by atoms with Gasteiger partial charge in [-0.05, 0) is 152 Å². The van der Waals surface area contributed by atoms with E-state index in [-0.39, 0.29) is 46.3 Å². The number of phenolic OH excluding ortho intramolecular Hbond substituents is 3. The van der Waals surface area contributed by atoms with Crippen molar-refractivity contribution in [3.8, 4) is 34.4 Å². The maximum Gasteiger partial charge on any atom is 0.252 e. The summed E-state index contributed by atoms with van der Waals surface area (Å²) in [7, 11) is 0. The number of anilines is 6. The zero-order chi connectivity index (χ0) is 53.3. The van der Waals surface area contributed by atoms with Gasteiger partial charge in [-0.15, -0.1) is 0 Å². The summed E-state index contributed by atoms with van der Waals surface area (Å²) in [5.41, 5.74) is 23.3. The van der Waals surface area contributed by atoms with Crippen LogP contribution in [0.3, 0.4) is 0 Å². The van der Waals surface area contributed by atoms with Crippen molar-refractivity contribution in [2.24, 2.45) is 0 Å². The molecular formula is C66H74BN3O4. The molecular weight excluding hydrogens is 910 g/mol. The van der Waals surface area contributed by atoms with E-state index in [1.807, 2.05) is 12.1 Å². The third-order valence-corrected chi connectivity index (χ3v) is 16.5. The second-order valence-electron chi connectivity index (χ2n) is 25.9. The Morgan fingerprint density at radius 2 is 1.04 bits per heavy atom. The van der Waals surface area contributed by atoms with E-state index in [0.717, 1.165) is 44.7 Å². The first kappa shape index (κ1) is 49.4. The van der Waals surface area contributed by atoms with Crippen LogP contribution in [-0.2, 0) is 16.2 Å². The first-order valence-corrected chi connectivity index (χ1v) is 26.9. The van der Waals surface area contributed by atoms with Crippen LogP contribution in [0.2, 0.25) is 0 Å². The minimum atomic E-state index is -0.603. The molecule has 0 bridgehead atoms. The number of ether oxygens (including phenoxy) is 1. The number of nitrogens with zero attached hydrogens (tertiary/aromatic N) is 3. The van der Waals surface area contributed by atoms with E-state index >= 15 is 0 Å². The minimum Gasteiger partial charge on any atom is -0.504 e. The van der Waals surface area contributed by atoms with Gasteiger partial charge in [-0.1, -0.05) is 158 Å². The highest BCUT2D eigenvalue weighted by Gasteiger charge is 2.47. The average molecular weight is 984 g/mol. The summed E-state index contributed by atoms with van der Waals surface area (Å²) in [5, 5.41) is 36.6. The normalized spacial score (nSPS) is 14.1. The number of phenols is 3. The molecule has 0 unspecified atom stereocenters. The molecule has 3 aliphatic heterocycles. The summed E-state index contributed by atoms with van der Waals surface area (Å²) in [5.74, 6) is 0.0248. The summed E-state index contributed by atoms with van der Waals surface area (Å²) >= 11 is 0. The topological polar surface area (TPSA) is 81.3 Å². The zero-order valence-electron chi connectivity index (χ0n) is 47.0. The molecule has 74 heavy (non-hydrogen) atoms. The maximum atomic E-state index is 12.2. The Morgan fingerprint density at radius 1 is 0.500 bits per heavy atom. The standard InChI is InChI=1S/C66H74BN3O4/c1-33(2)39-26-43(34(3)4)58(44(27-39)35(5)6)69-49-28-40(64(10,11)12)22-23-46(49)67-47-31-45-48(70-57-36(7)20-19-21-53(57)74-63-59(70)54(45)60(71)61(72)62(63)73)32-50(47)68(51-29-42(66(16,17)18)30-52(69)55(51)67)56-37(8)24-41(25-38(56)9)65(13,14)15/h19-35,71-73H,1-18H3. The first-order chi connectivity index (χ1) is 34.6. The quantitative estimate of drug-likeness (QED) is 0.118. The van der Waals surface area contributed by atoms with Crippen LogP contribution in [0.1, 0.15) is 172 Å². The van der Waals surface area contributed by atoms with Crippen molar-refractivity contribution in [3.05, 3.63) is 135 Å². The largest absolute Gasteiger partial charge is 0.504 e. The summed E-state index contributed by atoms with van der Waals surface area (Å²) < 4.78 is 8.66. The summed E-state index contributed by atoms with van der Waals surface area (Å²) in [6.07, 6.45) is 0. The van der Waals surface area contributed by atoms with Crippen LogP contribution in [0.4, 0.5) is 34.1 Å². The predicted molar refractivity (Wildman–Crippen MR) is 312 cm³/mol. The van der Waals surface area contributed by atoms with Crippen molar-refractivity contribution in [3.63, 3.8) is 0 Å². The van der Waals surface area contributed by atoms with E-state index in [9.17, 15) is 15.3 Å². The molecule has 11 rings (SSSR count). The van der Waals surface area contributed by atoms with E-state index in [0.29, 0.717) is 22.6 Å². The molecule has 0 atom stereocenters. The molecule has 4 heterocycles. The molecule has 1 aromatic heterocycles. The highest BCUT2D eigenvalue weighted by atomic mass is 16.5. The van der Waals surface area contributed by atoms with E-state index in [4.69, 9.17) is 4.74 Å². The van der Waals surface area contributed by atoms with E-state index < -0.39 is 11.5 Å². The van der Waals surface area contributed by atoms with Crippen molar-refractivity contribution in [1.29, 1.82) is 0 Å². The molecule has 0 saturated carbocycles. The number of aryl methyl sites for hydroxylation is 3. The van der Waals surface area contributed by atoms with E-state index in [1.54, 1.807) is 0 Å². The Bertz CT molecular complexity index is 3670. The summed E-state index contributed by atoms with van der Waals surface area (Å²) in [4.78, 5) is 5.22. The Kier molecular flexibility index (Phi) is 10.9. The molecule has 0 saturated heterocycles. The Labute approximate surface area is 439 Å². The van der Waals surface area contributed by atoms with Crippen LogP contribution in [0.25, 0.3) is 27.5 Å². The fourth-order valence-corrected chi connectivity index (χ4v) is 12.4. The lowest BCUT2D eigenvalue weighted by atomic mass is 9.33. The minimum absolute atomic E-state index is 0.0707. The van der Waals surface area contributed by atoms with Gasteiger partial charge in [0.05, 0.1) is 28.0 Å². The molecule has 8 aromatic rings. The van der Waals surface area contributed by atoms with Crippen molar-refractivity contribution >= 4 is 79.0 Å². The van der Waals surface area contributed by atoms with Crippen LogP contribution in [0.15, 0.2) is 84.9 Å². The molecule has 3 N–H and O–H groups in total. The van der Waals surface area contributed by atoms with Crippen molar-refractivity contribution in [2.75, 3.05) is 9.80 Å². The van der Waals surface area contributed by atoms with Gasteiger partial charge < -0.3 is 34.4 Å². The van der Waals surface area contributed by atoms with Gasteiger partial charge >= 0.3 is 0 Å². The van der Waals surface area contributed by atoms with Gasteiger partial charge in [-0.2, -0.15) is 0 Å². The molecule has 0 amide bonds. The first-order valence-electron chi connectivity index (χ1n) is 26.9. The van der Waals surface area contributed by atoms with Gasteiger partial charge in [0.25, 0.3) is 6.71 Å². The number of fused-ring (bicyclic) bond motifs is 9. The number of aromatic nitrogens is 1. The number of aromatic hydroxyl groups is 3. The third-order valence-electron chi connectivity index (χ3n) is 16.5. The lowest BCUT2D eigenvalue weighted by Gasteiger charge is -2.47. The zero-order valence-corrected chi connectivity index (χ0v) is 47.0. The fraction of sp³-hybridized carbons (Fsp3) is 0.364. The van der Waals surface area contributed by atoms with Gasteiger partial charge in [0.1, 0.15) is 5.52 Å². The maximum absolute atomic E-state index is 12.2. The molecule has 7 nitrogen and oxygen atoms in total. The molecule has 0 fully saturated rings. The second-order valence-corrected chi connectivity index (χ2v) is 25.9. The summed E-state index contributed by atoms with van der Waals surface area (Å²) in [6, 6.07) is 32.4. The monoisotopic (exact) mass is 984 g/mol. The van der Waals surface area contributed by atoms with Crippen LogP contribution in [-0.4, -0.2) is 26.6 Å². The molecule has 0 aliphatic carbocycles. The number of hydrogen-bond acceptors (Lipinski definition) is 6. The SMILES string of the molecule is Cc1cc(C(C)(C)C)cc(C)c1N1c2cc3c(cc2B2c4ccc(C(C)(C)C)cc4N(c4c(C(C)C)cc(C(C)C)cc4C(C)C)c4cc(C(C)(C)C)cc1c42)c1c(O)c(O)c(O)c2c1n3-c1c(C)cccc1O2. The van der Waals surface area contributed by atoms with Crippen LogP contribution in [0, 0.1) is 20.8 Å². The van der Waals surface area contributed by atoms with Gasteiger partial charge in [0.2, 0.25) is 11.5 Å². The highest BCUT2D eigenvalue weighted by molar-refractivity contribution is 7.00. The average Bonchev–Trinajstić information content (AvgIpc) is 3.64. The molecule has 8 heteroatoms. The third kappa shape index (κ3) is 7.13. The molecule has 3 aliphatic rings. The van der Waals surface area contributed by atoms with Gasteiger partial charge in [0, 0.05) is 28.1 Å². The van der Waals surface area contributed by atoms with Crippen LogP contribution >= 0.6 is 0 Å². The van der Waals surface area contributed by atoms with Gasteiger partial charge in [0.15, 0.2) is 17.2 Å². The van der Waals surface area contributed by atoms with Crippen molar-refractivity contribution < 1.29 is 20.1 Å². The Hall–Kier alpha value is -6.80. The predicted octanol–water partition coefficient (Wildman–Crippen LogP) is 16.3. The number of benzene rings is 7. The number of hydrogen-bond donors (Lipinski definition) is 3. The van der Waals surface area contributed by atoms with Gasteiger partial charge in [-0.25, -0.2) is 0 Å². The van der Waals surface area contributed by atoms with E-state index in [1.165, 1.54) is 72.5 Å². The Morgan fingerprint density at radius 3 is 1.59 bits per heavy atom. The fourth-order valence-electron chi connectivity index (χ4n) is 12.4. The van der Waals surface area contributed by atoms with E-state index in [2.05, 4.69) is 212 Å². The second kappa shape index (κ2) is 16.4. The van der Waals surface area contributed by atoms with Crippen molar-refractivity contribution in [1.82, 2.24) is 4.57 Å². The lowest BCUT2D eigenvalue weighted by Crippen LogP contribution is -2.61. The lowest BCUT2D eigenvalue weighted by molar-refractivity contribution is 0.352. The van der Waals surface area contributed by atoms with Crippen molar-refractivity contribution in [2.45, 2.75) is 159 Å². The number of para-hydroxylation sites is 1. The summed E-state index contributed by atoms with van der Waals surface area (Å²) in [6.45, 7) is 41.1. The highest BCUT2D eigenvalue weighted by Crippen LogP contribution is 2.59. The van der Waals surface area contributed by atoms with Crippen LogP contribution < -0.4 is 30.9 Å². The molecule has 7 aromatic carbocycles. The Balaban J connectivity index is 1.37. The number of rotatable bonds is 5.